The van der Waals surface area contributed by atoms with Gasteiger partial charge in [0.2, 0.25) is 5.95 Å². The summed E-state index contributed by atoms with van der Waals surface area (Å²) in [6.07, 6.45) is 0. The van der Waals surface area contributed by atoms with Gasteiger partial charge in [-0.3, -0.25) is 0 Å². The Morgan fingerprint density at radius 2 is 1.45 bits per heavy atom. The second kappa shape index (κ2) is 11.0. The Hall–Kier alpha value is -4.01. The highest BCUT2D eigenvalue weighted by Crippen LogP contribution is 2.29. The van der Waals surface area contributed by atoms with Crippen LogP contribution in [-0.4, -0.2) is 43.3 Å². The Kier molecular flexibility index (Phi) is 7.91. The van der Waals surface area contributed by atoms with Crippen molar-refractivity contribution >= 4 is 34.9 Å². The molecule has 0 saturated heterocycles. The Bertz CT molecular complexity index is 1080. The van der Waals surface area contributed by atoms with Crippen LogP contribution in [0.3, 0.4) is 0 Å². The summed E-state index contributed by atoms with van der Waals surface area (Å²) in [4.78, 5) is 23.6. The van der Waals surface area contributed by atoms with Crippen LogP contribution in [0, 0.1) is 6.92 Å². The van der Waals surface area contributed by atoms with Crippen LogP contribution in [0.5, 0.6) is 11.5 Å². The molecule has 9 nitrogen and oxygen atoms in total. The van der Waals surface area contributed by atoms with Crippen molar-refractivity contribution in [3.63, 3.8) is 0 Å². The molecule has 0 spiro atoms. The van der Waals surface area contributed by atoms with Crippen LogP contribution < -0.4 is 30.3 Å². The van der Waals surface area contributed by atoms with Crippen molar-refractivity contribution in [1.29, 1.82) is 0 Å². The zero-order valence-corrected chi connectivity index (χ0v) is 19.6. The van der Waals surface area contributed by atoms with Crippen LogP contribution in [0.25, 0.3) is 0 Å². The van der Waals surface area contributed by atoms with Gasteiger partial charge in [-0.1, -0.05) is 0 Å². The van der Waals surface area contributed by atoms with E-state index in [0.717, 1.165) is 30.3 Å². The van der Waals surface area contributed by atoms with Crippen LogP contribution in [-0.2, 0) is 0 Å². The van der Waals surface area contributed by atoms with Gasteiger partial charge in [0.05, 0.1) is 14.2 Å². The van der Waals surface area contributed by atoms with Gasteiger partial charge in [-0.2, -0.15) is 4.98 Å². The number of carbonyl (C=O) groups excluding carboxylic acids is 1. The Labute approximate surface area is 194 Å². The average molecular weight is 451 g/mol. The molecule has 0 saturated carbocycles. The quantitative estimate of drug-likeness (QED) is 0.420. The molecule has 0 atom stereocenters. The summed E-state index contributed by atoms with van der Waals surface area (Å²) in [6.45, 7) is 7.89. The lowest BCUT2D eigenvalue weighted by Gasteiger charge is -2.20. The van der Waals surface area contributed by atoms with Gasteiger partial charge in [0.25, 0.3) is 0 Å². The van der Waals surface area contributed by atoms with Crippen molar-refractivity contribution in [3.8, 4) is 11.5 Å². The van der Waals surface area contributed by atoms with E-state index >= 15 is 0 Å². The number of urea groups is 1. The lowest BCUT2D eigenvalue weighted by molar-refractivity contribution is 0.262. The fraction of sp³-hybridized carbons (Fsp3) is 0.292. The zero-order chi connectivity index (χ0) is 23.8. The number of amides is 2. The average Bonchev–Trinajstić information content (AvgIpc) is 2.80. The lowest BCUT2D eigenvalue weighted by atomic mass is 10.2. The van der Waals surface area contributed by atoms with Gasteiger partial charge in [-0.05, 0) is 57.2 Å². The van der Waals surface area contributed by atoms with Crippen molar-refractivity contribution in [3.05, 3.63) is 54.2 Å². The SMILES string of the molecule is CCN(CC)c1cc(C)nc(Nc2ccc(NC(=O)Nc3ccc(OC)c(OC)c3)cc2)n1. The fourth-order valence-corrected chi connectivity index (χ4v) is 3.29. The van der Waals surface area contributed by atoms with Crippen LogP contribution in [0.1, 0.15) is 19.5 Å². The van der Waals surface area contributed by atoms with Gasteiger partial charge < -0.3 is 30.3 Å². The Balaban J connectivity index is 1.63. The number of ether oxygens (including phenoxy) is 2. The first-order valence-electron chi connectivity index (χ1n) is 10.7. The molecular weight excluding hydrogens is 420 g/mol. The Morgan fingerprint density at radius 1 is 0.848 bits per heavy atom. The smallest absolute Gasteiger partial charge is 0.323 e. The summed E-state index contributed by atoms with van der Waals surface area (Å²) in [6, 6.07) is 14.1. The minimum atomic E-state index is -0.367. The highest BCUT2D eigenvalue weighted by molar-refractivity contribution is 6.00. The van der Waals surface area contributed by atoms with E-state index in [1.807, 2.05) is 25.1 Å². The monoisotopic (exact) mass is 450 g/mol. The molecule has 0 aliphatic heterocycles. The van der Waals surface area contributed by atoms with Crippen LogP contribution in [0.2, 0.25) is 0 Å². The molecule has 3 N–H and O–H groups in total. The number of carbonyl (C=O) groups is 1. The summed E-state index contributed by atoms with van der Waals surface area (Å²) in [5.74, 6) is 2.55. The topological polar surface area (TPSA) is 101 Å². The number of hydrogen-bond acceptors (Lipinski definition) is 7. The third kappa shape index (κ3) is 6.25. The van der Waals surface area contributed by atoms with Gasteiger partial charge in [-0.25, -0.2) is 9.78 Å². The first-order chi connectivity index (χ1) is 15.9. The molecule has 2 aromatic carbocycles. The molecule has 2 amide bonds. The first kappa shape index (κ1) is 23.6. The number of aryl methyl sites for hydroxylation is 1. The summed E-state index contributed by atoms with van der Waals surface area (Å²) in [7, 11) is 3.11. The van der Waals surface area contributed by atoms with Crippen molar-refractivity contribution in [2.24, 2.45) is 0 Å². The number of aromatic nitrogens is 2. The highest BCUT2D eigenvalue weighted by atomic mass is 16.5. The Morgan fingerprint density at radius 3 is 2.09 bits per heavy atom. The minimum Gasteiger partial charge on any atom is -0.493 e. The second-order valence-electron chi connectivity index (χ2n) is 7.21. The van der Waals surface area contributed by atoms with E-state index < -0.39 is 0 Å². The maximum absolute atomic E-state index is 12.4. The first-order valence-corrected chi connectivity index (χ1v) is 10.7. The molecule has 9 heteroatoms. The standard InChI is InChI=1S/C24H30N6O3/c1-6-30(7-2)22-14-16(3)25-23(29-22)26-17-8-10-18(11-9-17)27-24(31)28-19-12-13-20(32-4)21(15-19)33-5/h8-15H,6-7H2,1-5H3,(H,25,26,29)(H2,27,28,31). The largest absolute Gasteiger partial charge is 0.493 e. The normalized spacial score (nSPS) is 10.3. The van der Waals surface area contributed by atoms with E-state index in [9.17, 15) is 4.79 Å². The molecule has 1 heterocycles. The number of hydrogen-bond donors (Lipinski definition) is 3. The van der Waals surface area contributed by atoms with E-state index in [-0.39, 0.29) is 6.03 Å². The van der Waals surface area contributed by atoms with E-state index in [0.29, 0.717) is 28.8 Å². The van der Waals surface area contributed by atoms with Gasteiger partial charge >= 0.3 is 6.03 Å². The molecular formula is C24H30N6O3. The zero-order valence-electron chi connectivity index (χ0n) is 19.6. The molecule has 3 aromatic rings. The predicted molar refractivity (Wildman–Crippen MR) is 132 cm³/mol. The fourth-order valence-electron chi connectivity index (χ4n) is 3.29. The molecule has 0 unspecified atom stereocenters. The van der Waals surface area contributed by atoms with Gasteiger partial charge in [0, 0.05) is 48.0 Å². The molecule has 0 aliphatic carbocycles. The van der Waals surface area contributed by atoms with Crippen molar-refractivity contribution in [1.82, 2.24) is 9.97 Å². The van der Waals surface area contributed by atoms with E-state index in [1.165, 1.54) is 0 Å². The highest BCUT2D eigenvalue weighted by Gasteiger charge is 2.10. The molecule has 0 radical (unpaired) electrons. The number of nitrogens with zero attached hydrogens (tertiary/aromatic N) is 3. The van der Waals surface area contributed by atoms with Gasteiger partial charge in [-0.15, -0.1) is 0 Å². The summed E-state index contributed by atoms with van der Waals surface area (Å²) in [5.41, 5.74) is 2.94. The third-order valence-electron chi connectivity index (χ3n) is 4.97. The third-order valence-corrected chi connectivity index (χ3v) is 4.97. The van der Waals surface area contributed by atoms with Crippen LogP contribution in [0.15, 0.2) is 48.5 Å². The number of anilines is 5. The van der Waals surface area contributed by atoms with Crippen molar-refractivity contribution < 1.29 is 14.3 Å². The van der Waals surface area contributed by atoms with E-state index in [2.05, 4.69) is 44.7 Å². The summed E-state index contributed by atoms with van der Waals surface area (Å²) >= 11 is 0. The molecule has 3 rings (SSSR count). The number of rotatable bonds is 9. The molecule has 0 aliphatic rings. The predicted octanol–water partition coefficient (Wildman–Crippen LogP) is 5.04. The van der Waals surface area contributed by atoms with Crippen LogP contribution >= 0.6 is 0 Å². The molecule has 0 fully saturated rings. The van der Waals surface area contributed by atoms with Gasteiger partial charge in [0.15, 0.2) is 11.5 Å². The number of benzene rings is 2. The lowest BCUT2D eigenvalue weighted by Crippen LogP contribution is -2.23. The van der Waals surface area contributed by atoms with E-state index in [1.54, 1.807) is 44.6 Å². The van der Waals surface area contributed by atoms with Crippen molar-refractivity contribution in [2.75, 3.05) is 48.2 Å². The molecule has 33 heavy (non-hydrogen) atoms. The maximum Gasteiger partial charge on any atom is 0.323 e. The second-order valence-corrected chi connectivity index (χ2v) is 7.21. The number of nitrogens with one attached hydrogen (secondary N) is 3. The number of methoxy groups -OCH3 is 2. The maximum atomic E-state index is 12.4. The molecule has 174 valence electrons. The molecule has 1 aromatic heterocycles. The van der Waals surface area contributed by atoms with Crippen LogP contribution in [0.4, 0.5) is 33.6 Å². The summed E-state index contributed by atoms with van der Waals surface area (Å²) < 4.78 is 10.5. The molecule has 0 bridgehead atoms. The van der Waals surface area contributed by atoms with E-state index in [4.69, 9.17) is 9.47 Å². The van der Waals surface area contributed by atoms with Crippen molar-refractivity contribution in [2.45, 2.75) is 20.8 Å². The van der Waals surface area contributed by atoms with Gasteiger partial charge in [0.1, 0.15) is 5.82 Å². The minimum absolute atomic E-state index is 0.367. The summed E-state index contributed by atoms with van der Waals surface area (Å²) in [5, 5.41) is 8.82.